The molecular formula is C12H17NO. The monoisotopic (exact) mass is 191 g/mol. The smallest absolute Gasteiger partial charge is 0.146 e. The lowest BCUT2D eigenvalue weighted by Crippen LogP contribution is -2.52. The van der Waals surface area contributed by atoms with E-state index in [4.69, 9.17) is 11.2 Å². The second-order valence-electron chi connectivity index (χ2n) is 3.97. The van der Waals surface area contributed by atoms with Gasteiger partial charge < -0.3 is 4.74 Å². The number of nitriles is 1. The van der Waals surface area contributed by atoms with E-state index in [2.05, 4.69) is 18.9 Å². The summed E-state index contributed by atoms with van der Waals surface area (Å²) >= 11 is 0. The van der Waals surface area contributed by atoms with Gasteiger partial charge in [-0.1, -0.05) is 19.3 Å². The summed E-state index contributed by atoms with van der Waals surface area (Å²) in [7, 11) is 1.62. The summed E-state index contributed by atoms with van der Waals surface area (Å²) < 4.78 is 5.47. The molecule has 0 aromatic heterocycles. The van der Waals surface area contributed by atoms with Gasteiger partial charge in [0.2, 0.25) is 0 Å². The lowest BCUT2D eigenvalue weighted by Gasteiger charge is -2.47. The van der Waals surface area contributed by atoms with Crippen LogP contribution in [0.25, 0.3) is 0 Å². The van der Waals surface area contributed by atoms with Crippen molar-refractivity contribution in [1.29, 1.82) is 5.26 Å². The molecule has 1 aliphatic carbocycles. The van der Waals surface area contributed by atoms with E-state index in [1.54, 1.807) is 7.11 Å². The molecule has 0 saturated heterocycles. The van der Waals surface area contributed by atoms with E-state index in [1.165, 1.54) is 0 Å². The molecule has 2 nitrogen and oxygen atoms in total. The minimum Gasteiger partial charge on any atom is -0.364 e. The number of ether oxygens (including phenoxy) is 1. The van der Waals surface area contributed by atoms with Gasteiger partial charge in [-0.2, -0.15) is 5.26 Å². The number of hydrogen-bond acceptors (Lipinski definition) is 2. The normalized spacial score (nSPS) is 22.6. The zero-order valence-electron chi connectivity index (χ0n) is 8.97. The summed E-state index contributed by atoms with van der Waals surface area (Å²) in [6, 6.07) is 2.38. The maximum atomic E-state index is 9.24. The maximum Gasteiger partial charge on any atom is 0.146 e. The van der Waals surface area contributed by atoms with Crippen molar-refractivity contribution in [1.82, 2.24) is 0 Å². The van der Waals surface area contributed by atoms with Crippen LogP contribution in [-0.4, -0.2) is 12.7 Å². The minimum absolute atomic E-state index is 0.424. The van der Waals surface area contributed by atoms with Crippen molar-refractivity contribution in [2.24, 2.45) is 5.41 Å². The highest BCUT2D eigenvalue weighted by Crippen LogP contribution is 2.51. The number of rotatable bonds is 4. The zero-order chi connectivity index (χ0) is 10.7. The van der Waals surface area contributed by atoms with E-state index >= 15 is 0 Å². The molecule has 2 heteroatoms. The van der Waals surface area contributed by atoms with Gasteiger partial charge in [0.05, 0.1) is 11.5 Å². The molecule has 0 heterocycles. The molecule has 0 radical (unpaired) electrons. The summed E-state index contributed by atoms with van der Waals surface area (Å²) in [4.78, 5) is 0. The first-order valence-electron chi connectivity index (χ1n) is 5.14. The van der Waals surface area contributed by atoms with Crippen LogP contribution < -0.4 is 0 Å². The predicted octanol–water partition coefficient (Wildman–Crippen LogP) is 2.50. The minimum atomic E-state index is -0.658. The van der Waals surface area contributed by atoms with Crippen molar-refractivity contribution in [3.8, 4) is 18.4 Å². The van der Waals surface area contributed by atoms with E-state index in [-0.39, 0.29) is 0 Å². The van der Waals surface area contributed by atoms with Crippen LogP contribution in [0.3, 0.4) is 0 Å². The Morgan fingerprint density at radius 3 is 2.43 bits per heavy atom. The second-order valence-corrected chi connectivity index (χ2v) is 3.97. The Hall–Kier alpha value is -0.990. The lowest BCUT2D eigenvalue weighted by atomic mass is 9.58. The highest BCUT2D eigenvalue weighted by atomic mass is 16.5. The van der Waals surface area contributed by atoms with Crippen LogP contribution in [0, 0.1) is 29.1 Å². The van der Waals surface area contributed by atoms with E-state index in [9.17, 15) is 5.26 Å². The fourth-order valence-electron chi connectivity index (χ4n) is 2.29. The lowest BCUT2D eigenvalue weighted by molar-refractivity contribution is -0.0839. The van der Waals surface area contributed by atoms with Gasteiger partial charge in [-0.15, -0.1) is 6.42 Å². The van der Waals surface area contributed by atoms with E-state index in [1.807, 2.05) is 0 Å². The zero-order valence-corrected chi connectivity index (χ0v) is 8.97. The van der Waals surface area contributed by atoms with Gasteiger partial charge in [0.1, 0.15) is 5.60 Å². The van der Waals surface area contributed by atoms with Gasteiger partial charge in [-0.05, 0) is 25.7 Å². The molecule has 76 valence electrons. The fraction of sp³-hybridized carbons (Fsp3) is 0.750. The van der Waals surface area contributed by atoms with Crippen LogP contribution in [0.1, 0.15) is 39.0 Å². The van der Waals surface area contributed by atoms with Crippen LogP contribution in [0.5, 0.6) is 0 Å². The number of terminal acetylenes is 1. The Bertz CT molecular complexity index is 280. The Morgan fingerprint density at radius 1 is 1.57 bits per heavy atom. The summed E-state index contributed by atoms with van der Waals surface area (Å²) in [5.74, 6) is 2.72. The molecule has 1 aliphatic rings. The van der Waals surface area contributed by atoms with Crippen LogP contribution >= 0.6 is 0 Å². The van der Waals surface area contributed by atoms with Gasteiger partial charge in [0.25, 0.3) is 0 Å². The molecule has 0 spiro atoms. The molecule has 14 heavy (non-hydrogen) atoms. The Balaban J connectivity index is 2.98. The third-order valence-corrected chi connectivity index (χ3v) is 3.38. The number of methoxy groups -OCH3 is 1. The summed E-state index contributed by atoms with van der Waals surface area (Å²) in [5, 5.41) is 9.24. The number of hydrogen-bond donors (Lipinski definition) is 0. The predicted molar refractivity (Wildman–Crippen MR) is 55.4 cm³/mol. The quantitative estimate of drug-likeness (QED) is 0.640. The molecule has 1 atom stereocenters. The van der Waals surface area contributed by atoms with Crippen molar-refractivity contribution in [2.45, 2.75) is 44.6 Å². The van der Waals surface area contributed by atoms with Gasteiger partial charge in [-0.3, -0.25) is 0 Å². The first-order valence-corrected chi connectivity index (χ1v) is 5.14. The number of nitrogens with zero attached hydrogens (tertiary/aromatic N) is 1. The van der Waals surface area contributed by atoms with Crippen LogP contribution in [0.4, 0.5) is 0 Å². The molecule has 0 bridgehead atoms. The van der Waals surface area contributed by atoms with E-state index in [0.29, 0.717) is 0 Å². The van der Waals surface area contributed by atoms with Gasteiger partial charge in [0, 0.05) is 7.11 Å². The Labute approximate surface area is 86.3 Å². The van der Waals surface area contributed by atoms with Crippen molar-refractivity contribution in [3.63, 3.8) is 0 Å². The average molecular weight is 191 g/mol. The van der Waals surface area contributed by atoms with Crippen molar-refractivity contribution < 1.29 is 4.74 Å². The molecule has 0 amide bonds. The molecule has 0 N–H and O–H groups in total. The molecule has 0 aromatic rings. The Kier molecular flexibility index (Phi) is 3.19. The highest BCUT2D eigenvalue weighted by Gasteiger charge is 2.54. The van der Waals surface area contributed by atoms with E-state index < -0.39 is 11.0 Å². The van der Waals surface area contributed by atoms with Crippen molar-refractivity contribution in [3.05, 3.63) is 0 Å². The molecule has 1 fully saturated rings. The Morgan fingerprint density at radius 2 is 2.21 bits per heavy atom. The topological polar surface area (TPSA) is 33.0 Å². The highest BCUT2D eigenvalue weighted by molar-refractivity contribution is 5.26. The first kappa shape index (κ1) is 11.1. The molecule has 1 rings (SSSR count). The average Bonchev–Trinajstić information content (AvgIpc) is 2.15. The van der Waals surface area contributed by atoms with Crippen molar-refractivity contribution >= 4 is 0 Å². The van der Waals surface area contributed by atoms with Gasteiger partial charge in [-0.25, -0.2) is 0 Å². The van der Waals surface area contributed by atoms with Crippen molar-refractivity contribution in [2.75, 3.05) is 7.11 Å². The third kappa shape index (κ3) is 1.31. The molecule has 0 unspecified atom stereocenters. The molecular weight excluding hydrogens is 174 g/mol. The first-order chi connectivity index (χ1) is 6.70. The summed E-state index contributed by atoms with van der Waals surface area (Å²) in [6.07, 6.45) is 10.1. The fourth-order valence-corrected chi connectivity index (χ4v) is 2.29. The maximum absolute atomic E-state index is 9.24. The largest absolute Gasteiger partial charge is 0.364 e. The van der Waals surface area contributed by atoms with Gasteiger partial charge >= 0.3 is 0 Å². The SMILES string of the molecule is C#C[C@@](CCC)(OC)C1(C#N)CCC1. The standard InChI is InChI=1S/C12H17NO/c1-4-7-12(5-2,14-3)11(10-13)8-6-9-11/h2H,4,6-9H2,1,3H3/t12-/m0/s1. The van der Waals surface area contributed by atoms with Crippen LogP contribution in [0.2, 0.25) is 0 Å². The van der Waals surface area contributed by atoms with Crippen LogP contribution in [0.15, 0.2) is 0 Å². The van der Waals surface area contributed by atoms with Crippen LogP contribution in [-0.2, 0) is 4.74 Å². The molecule has 1 saturated carbocycles. The second kappa shape index (κ2) is 4.03. The van der Waals surface area contributed by atoms with E-state index in [0.717, 1.165) is 32.1 Å². The molecule has 0 aromatic carbocycles. The molecule has 0 aliphatic heterocycles. The third-order valence-electron chi connectivity index (χ3n) is 3.38. The summed E-state index contributed by atoms with van der Waals surface area (Å²) in [6.45, 7) is 2.06. The summed E-state index contributed by atoms with van der Waals surface area (Å²) in [5.41, 5.74) is -1.08. The van der Waals surface area contributed by atoms with Gasteiger partial charge in [0.15, 0.2) is 0 Å².